The molecule has 22 heavy (non-hydrogen) atoms. The maximum atomic E-state index is 4.30. The van der Waals surface area contributed by atoms with E-state index in [-0.39, 0.29) is 5.54 Å². The normalized spacial score (nSPS) is 13.3. The lowest BCUT2D eigenvalue weighted by molar-refractivity contribution is 0.330. The zero-order valence-corrected chi connectivity index (χ0v) is 14.1. The second-order valence-corrected chi connectivity index (χ2v) is 6.47. The van der Waals surface area contributed by atoms with Crippen LogP contribution in [0.15, 0.2) is 42.7 Å². The molecule has 0 bridgehead atoms. The molecule has 120 valence electrons. The van der Waals surface area contributed by atoms with E-state index in [1.807, 2.05) is 10.9 Å². The van der Waals surface area contributed by atoms with E-state index < -0.39 is 0 Å². The van der Waals surface area contributed by atoms with E-state index in [9.17, 15) is 0 Å². The Labute approximate surface area is 133 Å². The van der Waals surface area contributed by atoms with Crippen molar-refractivity contribution in [3.63, 3.8) is 0 Å². The SMILES string of the molecule is CCn1cc(CNCC(C)(C)NC(C)c2ccccc2)cn1. The van der Waals surface area contributed by atoms with Crippen LogP contribution in [0.1, 0.15) is 44.9 Å². The van der Waals surface area contributed by atoms with Gasteiger partial charge in [0.15, 0.2) is 0 Å². The van der Waals surface area contributed by atoms with E-state index in [2.05, 4.69) is 80.0 Å². The van der Waals surface area contributed by atoms with Crippen molar-refractivity contribution in [2.45, 2.75) is 52.4 Å². The minimum Gasteiger partial charge on any atom is -0.311 e. The summed E-state index contributed by atoms with van der Waals surface area (Å²) < 4.78 is 1.96. The summed E-state index contributed by atoms with van der Waals surface area (Å²) in [5.41, 5.74) is 2.57. The molecule has 1 atom stereocenters. The van der Waals surface area contributed by atoms with Gasteiger partial charge < -0.3 is 10.6 Å². The average Bonchev–Trinajstić information content (AvgIpc) is 2.95. The Morgan fingerprint density at radius 2 is 1.95 bits per heavy atom. The van der Waals surface area contributed by atoms with Gasteiger partial charge in [0.05, 0.1) is 6.20 Å². The van der Waals surface area contributed by atoms with Gasteiger partial charge in [-0.3, -0.25) is 4.68 Å². The van der Waals surface area contributed by atoms with E-state index >= 15 is 0 Å². The molecule has 4 nitrogen and oxygen atoms in total. The van der Waals surface area contributed by atoms with Gasteiger partial charge in [-0.05, 0) is 33.3 Å². The third-order valence-corrected chi connectivity index (χ3v) is 3.81. The van der Waals surface area contributed by atoms with E-state index in [0.717, 1.165) is 19.6 Å². The lowest BCUT2D eigenvalue weighted by Gasteiger charge is -2.31. The topological polar surface area (TPSA) is 41.9 Å². The standard InChI is InChI=1S/C18H28N4/c1-5-22-13-16(12-20-22)11-19-14-18(3,4)21-15(2)17-9-7-6-8-10-17/h6-10,12-13,15,19,21H,5,11,14H2,1-4H3. The predicted octanol–water partition coefficient (Wildman–Crippen LogP) is 3.12. The molecule has 2 rings (SSSR count). The van der Waals surface area contributed by atoms with Crippen molar-refractivity contribution in [2.75, 3.05) is 6.54 Å². The van der Waals surface area contributed by atoms with Crippen molar-refractivity contribution in [3.8, 4) is 0 Å². The quantitative estimate of drug-likeness (QED) is 0.787. The number of benzene rings is 1. The molecule has 1 aromatic carbocycles. The lowest BCUT2D eigenvalue weighted by Crippen LogP contribution is -2.48. The van der Waals surface area contributed by atoms with Gasteiger partial charge in [-0.2, -0.15) is 5.10 Å². The Balaban J connectivity index is 1.80. The van der Waals surface area contributed by atoms with Gasteiger partial charge in [-0.15, -0.1) is 0 Å². The number of aromatic nitrogens is 2. The molecule has 2 aromatic rings. The highest BCUT2D eigenvalue weighted by molar-refractivity contribution is 5.18. The van der Waals surface area contributed by atoms with Crippen molar-refractivity contribution in [3.05, 3.63) is 53.9 Å². The molecule has 0 spiro atoms. The molecule has 0 aliphatic carbocycles. The summed E-state index contributed by atoms with van der Waals surface area (Å²) in [6, 6.07) is 10.9. The summed E-state index contributed by atoms with van der Waals surface area (Å²) >= 11 is 0. The molecule has 0 aliphatic heterocycles. The number of nitrogens with one attached hydrogen (secondary N) is 2. The lowest BCUT2D eigenvalue weighted by atomic mass is 10.0. The van der Waals surface area contributed by atoms with Crippen LogP contribution in [0.2, 0.25) is 0 Å². The molecule has 0 amide bonds. The molecule has 0 saturated heterocycles. The molecule has 0 fully saturated rings. The second kappa shape index (κ2) is 7.56. The van der Waals surface area contributed by atoms with Crippen molar-refractivity contribution in [1.29, 1.82) is 0 Å². The smallest absolute Gasteiger partial charge is 0.0534 e. The van der Waals surface area contributed by atoms with Gasteiger partial charge >= 0.3 is 0 Å². The van der Waals surface area contributed by atoms with Crippen LogP contribution < -0.4 is 10.6 Å². The Bertz CT molecular complexity index is 559. The van der Waals surface area contributed by atoms with Crippen LogP contribution in [0.3, 0.4) is 0 Å². The molecule has 4 heteroatoms. The fraction of sp³-hybridized carbons (Fsp3) is 0.500. The van der Waals surface area contributed by atoms with Crippen LogP contribution in [-0.2, 0) is 13.1 Å². The van der Waals surface area contributed by atoms with Crippen LogP contribution in [-0.4, -0.2) is 21.9 Å². The van der Waals surface area contributed by atoms with Gasteiger partial charge in [0, 0.05) is 43.0 Å². The Hall–Kier alpha value is -1.65. The number of nitrogens with zero attached hydrogens (tertiary/aromatic N) is 2. The van der Waals surface area contributed by atoms with E-state index in [4.69, 9.17) is 0 Å². The Morgan fingerprint density at radius 1 is 1.23 bits per heavy atom. The van der Waals surface area contributed by atoms with Gasteiger partial charge in [0.25, 0.3) is 0 Å². The molecule has 0 radical (unpaired) electrons. The summed E-state index contributed by atoms with van der Waals surface area (Å²) in [5.74, 6) is 0. The van der Waals surface area contributed by atoms with Crippen molar-refractivity contribution in [1.82, 2.24) is 20.4 Å². The van der Waals surface area contributed by atoms with Crippen LogP contribution in [0, 0.1) is 0 Å². The van der Waals surface area contributed by atoms with Crippen molar-refractivity contribution in [2.24, 2.45) is 0 Å². The summed E-state index contributed by atoms with van der Waals surface area (Å²) in [7, 11) is 0. The van der Waals surface area contributed by atoms with Gasteiger partial charge in [0.1, 0.15) is 0 Å². The van der Waals surface area contributed by atoms with Gasteiger partial charge in [-0.1, -0.05) is 30.3 Å². The average molecular weight is 300 g/mol. The minimum absolute atomic E-state index is 0.0238. The molecule has 2 N–H and O–H groups in total. The molecule has 1 heterocycles. The zero-order chi connectivity index (χ0) is 16.0. The first-order valence-electron chi connectivity index (χ1n) is 8.05. The first kappa shape index (κ1) is 16.7. The molecular weight excluding hydrogens is 272 g/mol. The number of rotatable bonds is 8. The van der Waals surface area contributed by atoms with Crippen molar-refractivity contribution < 1.29 is 0 Å². The van der Waals surface area contributed by atoms with E-state index in [0.29, 0.717) is 6.04 Å². The summed E-state index contributed by atoms with van der Waals surface area (Å²) in [6.45, 7) is 11.4. The third kappa shape index (κ3) is 4.97. The summed E-state index contributed by atoms with van der Waals surface area (Å²) in [5, 5.41) is 11.5. The molecule has 1 unspecified atom stereocenters. The monoisotopic (exact) mass is 300 g/mol. The Morgan fingerprint density at radius 3 is 2.59 bits per heavy atom. The molecule has 0 saturated carbocycles. The van der Waals surface area contributed by atoms with Crippen LogP contribution >= 0.6 is 0 Å². The van der Waals surface area contributed by atoms with E-state index in [1.54, 1.807) is 0 Å². The summed E-state index contributed by atoms with van der Waals surface area (Å²) in [4.78, 5) is 0. The van der Waals surface area contributed by atoms with Crippen LogP contribution in [0.4, 0.5) is 0 Å². The fourth-order valence-corrected chi connectivity index (χ4v) is 2.65. The largest absolute Gasteiger partial charge is 0.311 e. The highest BCUT2D eigenvalue weighted by Crippen LogP contribution is 2.15. The summed E-state index contributed by atoms with van der Waals surface area (Å²) in [6.07, 6.45) is 4.03. The number of hydrogen-bond donors (Lipinski definition) is 2. The predicted molar refractivity (Wildman–Crippen MR) is 91.7 cm³/mol. The van der Waals surface area contributed by atoms with E-state index in [1.165, 1.54) is 11.1 Å². The van der Waals surface area contributed by atoms with Gasteiger partial charge in [0.2, 0.25) is 0 Å². The highest BCUT2D eigenvalue weighted by atomic mass is 15.3. The van der Waals surface area contributed by atoms with Crippen LogP contribution in [0.25, 0.3) is 0 Å². The maximum Gasteiger partial charge on any atom is 0.0534 e. The Kier molecular flexibility index (Phi) is 5.75. The van der Waals surface area contributed by atoms with Gasteiger partial charge in [-0.25, -0.2) is 0 Å². The second-order valence-electron chi connectivity index (χ2n) is 6.47. The minimum atomic E-state index is 0.0238. The van der Waals surface area contributed by atoms with Crippen LogP contribution in [0.5, 0.6) is 0 Å². The zero-order valence-electron chi connectivity index (χ0n) is 14.1. The number of aryl methyl sites for hydroxylation is 1. The molecule has 0 aliphatic rings. The maximum absolute atomic E-state index is 4.30. The first-order valence-corrected chi connectivity index (χ1v) is 8.05. The molecule has 1 aromatic heterocycles. The highest BCUT2D eigenvalue weighted by Gasteiger charge is 2.20. The third-order valence-electron chi connectivity index (χ3n) is 3.81. The number of hydrogen-bond acceptors (Lipinski definition) is 3. The van der Waals surface area contributed by atoms with Crippen molar-refractivity contribution >= 4 is 0 Å². The fourth-order valence-electron chi connectivity index (χ4n) is 2.65. The molecular formula is C18H28N4. The first-order chi connectivity index (χ1) is 10.5.